The number of nitrogens with zero attached hydrogens (tertiary/aromatic N) is 1. The number of esters is 2. The molecule has 0 aliphatic carbocycles. The Morgan fingerprint density at radius 1 is 0.949 bits per heavy atom. The predicted octanol–water partition coefficient (Wildman–Crippen LogP) is 4.60. The van der Waals surface area contributed by atoms with E-state index in [0.717, 1.165) is 10.5 Å². The standard InChI is InChI=1S/C29H27NO9/c1-29(2,3)39-25(33)15-30-20-14-19(28(35)37-16-18-8-5-4-6-9-18)12-13-21(20)38-23-11-7-10-22(26(23)27(30)34)36-17-24(31)32/h4-14H,15-17H2,1-3H3,(H,31,32). The van der Waals surface area contributed by atoms with Gasteiger partial charge in [0, 0.05) is 0 Å². The molecule has 10 heteroatoms. The number of fused-ring (bicyclic) bond motifs is 2. The summed E-state index contributed by atoms with van der Waals surface area (Å²) in [6.07, 6.45) is 0. The Balaban J connectivity index is 1.71. The molecule has 1 amide bonds. The summed E-state index contributed by atoms with van der Waals surface area (Å²) in [7, 11) is 0. The molecule has 0 radical (unpaired) electrons. The minimum Gasteiger partial charge on any atom is -0.481 e. The average molecular weight is 534 g/mol. The van der Waals surface area contributed by atoms with Crippen LogP contribution in [-0.4, -0.2) is 47.7 Å². The van der Waals surface area contributed by atoms with Crippen LogP contribution < -0.4 is 14.4 Å². The molecule has 1 aliphatic heterocycles. The zero-order chi connectivity index (χ0) is 28.2. The van der Waals surface area contributed by atoms with Crippen molar-refractivity contribution in [1.29, 1.82) is 0 Å². The van der Waals surface area contributed by atoms with Crippen molar-refractivity contribution in [3.63, 3.8) is 0 Å². The smallest absolute Gasteiger partial charge is 0.341 e. The summed E-state index contributed by atoms with van der Waals surface area (Å²) in [5, 5.41) is 9.06. The van der Waals surface area contributed by atoms with Gasteiger partial charge in [-0.15, -0.1) is 0 Å². The van der Waals surface area contributed by atoms with Crippen molar-refractivity contribution < 1.29 is 43.2 Å². The molecule has 4 rings (SSSR count). The second-order valence-electron chi connectivity index (χ2n) is 9.64. The van der Waals surface area contributed by atoms with Crippen LogP contribution in [0.2, 0.25) is 0 Å². The van der Waals surface area contributed by atoms with Crippen molar-refractivity contribution in [2.75, 3.05) is 18.1 Å². The molecule has 0 aromatic heterocycles. The first-order valence-electron chi connectivity index (χ1n) is 12.1. The Morgan fingerprint density at radius 2 is 1.69 bits per heavy atom. The summed E-state index contributed by atoms with van der Waals surface area (Å²) in [5.41, 5.74) is 0.160. The third-order valence-corrected chi connectivity index (χ3v) is 5.42. The summed E-state index contributed by atoms with van der Waals surface area (Å²) < 4.78 is 22.2. The first kappa shape index (κ1) is 27.2. The Hall–Kier alpha value is -4.86. The van der Waals surface area contributed by atoms with Crippen molar-refractivity contribution in [3.05, 3.63) is 83.4 Å². The molecule has 1 N–H and O–H groups in total. The van der Waals surface area contributed by atoms with E-state index in [4.69, 9.17) is 24.1 Å². The highest BCUT2D eigenvalue weighted by Gasteiger charge is 2.34. The van der Waals surface area contributed by atoms with Crippen LogP contribution in [0, 0.1) is 0 Å². The molecule has 0 bridgehead atoms. The number of carboxylic acid groups (broad SMARTS) is 1. The van der Waals surface area contributed by atoms with Crippen LogP contribution in [0.3, 0.4) is 0 Å². The number of ether oxygens (including phenoxy) is 4. The number of carboxylic acids is 1. The number of rotatable bonds is 8. The molecule has 3 aromatic carbocycles. The molecule has 1 aliphatic rings. The molecule has 39 heavy (non-hydrogen) atoms. The highest BCUT2D eigenvalue weighted by atomic mass is 16.6. The van der Waals surface area contributed by atoms with Gasteiger partial charge in [-0.25, -0.2) is 9.59 Å². The van der Waals surface area contributed by atoms with Crippen LogP contribution in [-0.2, 0) is 25.7 Å². The van der Waals surface area contributed by atoms with E-state index >= 15 is 0 Å². The van der Waals surface area contributed by atoms with Gasteiger partial charge in [0.1, 0.15) is 35.8 Å². The van der Waals surface area contributed by atoms with Gasteiger partial charge < -0.3 is 24.1 Å². The summed E-state index contributed by atoms with van der Waals surface area (Å²) in [5.74, 6) is -3.04. The average Bonchev–Trinajstić information content (AvgIpc) is 2.99. The Bertz CT molecular complexity index is 1410. The first-order valence-corrected chi connectivity index (χ1v) is 12.1. The topological polar surface area (TPSA) is 129 Å². The Labute approximate surface area is 224 Å². The van der Waals surface area contributed by atoms with Crippen molar-refractivity contribution in [3.8, 4) is 17.2 Å². The van der Waals surface area contributed by atoms with Gasteiger partial charge in [0.2, 0.25) is 0 Å². The van der Waals surface area contributed by atoms with Crippen LogP contribution in [0.5, 0.6) is 17.2 Å². The van der Waals surface area contributed by atoms with Crippen molar-refractivity contribution >= 4 is 29.5 Å². The molecule has 0 spiro atoms. The van der Waals surface area contributed by atoms with E-state index in [0.29, 0.717) is 0 Å². The third kappa shape index (κ3) is 6.72. The van der Waals surface area contributed by atoms with Gasteiger partial charge in [0.15, 0.2) is 12.4 Å². The lowest BCUT2D eigenvalue weighted by Crippen LogP contribution is -2.38. The van der Waals surface area contributed by atoms with Crippen molar-refractivity contribution in [2.24, 2.45) is 0 Å². The number of carbonyl (C=O) groups is 4. The normalized spacial score (nSPS) is 12.4. The highest BCUT2D eigenvalue weighted by Crippen LogP contribution is 2.42. The summed E-state index contributed by atoms with van der Waals surface area (Å²) in [6, 6.07) is 18.0. The summed E-state index contributed by atoms with van der Waals surface area (Å²) in [6.45, 7) is 3.92. The van der Waals surface area contributed by atoms with E-state index in [1.165, 1.54) is 30.3 Å². The molecule has 3 aromatic rings. The lowest BCUT2D eigenvalue weighted by atomic mass is 10.1. The Morgan fingerprint density at radius 3 is 2.38 bits per heavy atom. The zero-order valence-corrected chi connectivity index (χ0v) is 21.6. The van der Waals surface area contributed by atoms with E-state index in [1.807, 2.05) is 30.3 Å². The van der Waals surface area contributed by atoms with Gasteiger partial charge in [-0.2, -0.15) is 0 Å². The molecular formula is C29H27NO9. The first-order chi connectivity index (χ1) is 18.5. The highest BCUT2D eigenvalue weighted by molar-refractivity contribution is 6.13. The lowest BCUT2D eigenvalue weighted by Gasteiger charge is -2.25. The van der Waals surface area contributed by atoms with Crippen LogP contribution in [0.1, 0.15) is 47.1 Å². The van der Waals surface area contributed by atoms with Gasteiger partial charge in [-0.3, -0.25) is 14.5 Å². The summed E-state index contributed by atoms with van der Waals surface area (Å²) in [4.78, 5) is 51.8. The van der Waals surface area contributed by atoms with Crippen LogP contribution in [0.15, 0.2) is 66.7 Å². The van der Waals surface area contributed by atoms with Crippen molar-refractivity contribution in [2.45, 2.75) is 33.0 Å². The zero-order valence-electron chi connectivity index (χ0n) is 21.6. The van der Waals surface area contributed by atoms with E-state index in [2.05, 4.69) is 0 Å². The fourth-order valence-electron chi connectivity index (χ4n) is 3.84. The van der Waals surface area contributed by atoms with Gasteiger partial charge in [0.25, 0.3) is 5.91 Å². The predicted molar refractivity (Wildman–Crippen MR) is 139 cm³/mol. The van der Waals surface area contributed by atoms with Crippen molar-refractivity contribution in [1.82, 2.24) is 0 Å². The number of hydrogen-bond donors (Lipinski definition) is 1. The number of carbonyl (C=O) groups excluding carboxylic acids is 3. The number of benzene rings is 3. The SMILES string of the molecule is CC(C)(C)OC(=O)CN1C(=O)c2c(OCC(=O)O)cccc2Oc2ccc(C(=O)OCc3ccccc3)cc21. The maximum Gasteiger partial charge on any atom is 0.341 e. The second-order valence-corrected chi connectivity index (χ2v) is 9.64. The molecule has 10 nitrogen and oxygen atoms in total. The number of anilines is 1. The lowest BCUT2D eigenvalue weighted by molar-refractivity contribution is -0.152. The van der Waals surface area contributed by atoms with Gasteiger partial charge >= 0.3 is 17.9 Å². The van der Waals surface area contributed by atoms with Gasteiger partial charge in [0.05, 0.1) is 11.3 Å². The monoisotopic (exact) mass is 533 g/mol. The molecule has 0 saturated carbocycles. The Kier molecular flexibility index (Phi) is 7.85. The molecule has 202 valence electrons. The molecule has 0 saturated heterocycles. The number of hydrogen-bond acceptors (Lipinski definition) is 8. The third-order valence-electron chi connectivity index (χ3n) is 5.42. The fraction of sp³-hybridized carbons (Fsp3) is 0.241. The molecular weight excluding hydrogens is 506 g/mol. The van der Waals surface area contributed by atoms with Crippen LogP contribution >= 0.6 is 0 Å². The minimum absolute atomic E-state index is 0.0376. The van der Waals surface area contributed by atoms with E-state index in [1.54, 1.807) is 26.8 Å². The molecule has 1 heterocycles. The van der Waals surface area contributed by atoms with E-state index in [-0.39, 0.29) is 40.7 Å². The number of aliphatic carboxylic acids is 1. The van der Waals surface area contributed by atoms with Gasteiger partial charge in [-0.05, 0) is 56.7 Å². The largest absolute Gasteiger partial charge is 0.481 e. The molecule has 0 unspecified atom stereocenters. The number of amides is 1. The van der Waals surface area contributed by atoms with Crippen LogP contribution in [0.25, 0.3) is 0 Å². The van der Waals surface area contributed by atoms with E-state index in [9.17, 15) is 19.2 Å². The maximum atomic E-state index is 13.9. The molecule has 0 atom stereocenters. The van der Waals surface area contributed by atoms with Gasteiger partial charge in [-0.1, -0.05) is 36.4 Å². The second kappa shape index (κ2) is 11.3. The van der Waals surface area contributed by atoms with Crippen LogP contribution in [0.4, 0.5) is 5.69 Å². The maximum absolute atomic E-state index is 13.9. The quantitative estimate of drug-likeness (QED) is 0.413. The van der Waals surface area contributed by atoms with E-state index < -0.39 is 42.6 Å². The minimum atomic E-state index is -1.23. The summed E-state index contributed by atoms with van der Waals surface area (Å²) >= 11 is 0. The fourth-order valence-corrected chi connectivity index (χ4v) is 3.84. The molecule has 0 fully saturated rings.